The fourth-order valence-corrected chi connectivity index (χ4v) is 3.43. The van der Waals surface area contributed by atoms with E-state index < -0.39 is 0 Å². The normalized spacial score (nSPS) is 19.0. The quantitative estimate of drug-likeness (QED) is 0.867. The standard InChI is InChI=1S/C19H25N5/c1-22-11-13-23(14-12-22)18-15-17(16-7-3-2-4-8-16)20-19(21-18)24-9-5-6-10-24/h2-4,7-8,15H,5-6,9-14H2,1H3. The Morgan fingerprint density at radius 2 is 1.50 bits per heavy atom. The van der Waals surface area contributed by atoms with E-state index in [1.54, 1.807) is 0 Å². The molecule has 0 N–H and O–H groups in total. The van der Waals surface area contributed by atoms with Crippen molar-refractivity contribution in [3.8, 4) is 11.3 Å². The van der Waals surface area contributed by atoms with E-state index in [0.717, 1.165) is 62.3 Å². The Kier molecular flexibility index (Phi) is 4.34. The minimum absolute atomic E-state index is 0.891. The third-order valence-corrected chi connectivity index (χ3v) is 4.99. The molecule has 1 aromatic heterocycles. The second-order valence-electron chi connectivity index (χ2n) is 6.76. The van der Waals surface area contributed by atoms with Gasteiger partial charge >= 0.3 is 0 Å². The van der Waals surface area contributed by atoms with Crippen molar-refractivity contribution < 1.29 is 0 Å². The number of benzene rings is 1. The first-order chi connectivity index (χ1) is 11.8. The number of anilines is 2. The summed E-state index contributed by atoms with van der Waals surface area (Å²) in [6.07, 6.45) is 2.48. The van der Waals surface area contributed by atoms with Crippen molar-refractivity contribution in [2.24, 2.45) is 0 Å². The predicted octanol–water partition coefficient (Wildman–Crippen LogP) is 2.50. The van der Waals surface area contributed by atoms with E-state index in [-0.39, 0.29) is 0 Å². The van der Waals surface area contributed by atoms with E-state index in [9.17, 15) is 0 Å². The lowest BCUT2D eigenvalue weighted by Crippen LogP contribution is -2.45. The van der Waals surface area contributed by atoms with Crippen molar-refractivity contribution in [2.45, 2.75) is 12.8 Å². The van der Waals surface area contributed by atoms with Crippen molar-refractivity contribution in [1.82, 2.24) is 14.9 Å². The lowest BCUT2D eigenvalue weighted by atomic mass is 10.1. The molecule has 5 nitrogen and oxygen atoms in total. The molecule has 0 spiro atoms. The molecule has 0 atom stereocenters. The van der Waals surface area contributed by atoms with Crippen molar-refractivity contribution in [2.75, 3.05) is 56.1 Å². The van der Waals surface area contributed by atoms with Crippen molar-refractivity contribution >= 4 is 11.8 Å². The minimum Gasteiger partial charge on any atom is -0.354 e. The van der Waals surface area contributed by atoms with Crippen LogP contribution in [0.15, 0.2) is 36.4 Å². The van der Waals surface area contributed by atoms with Crippen LogP contribution in [0.3, 0.4) is 0 Å². The van der Waals surface area contributed by atoms with Gasteiger partial charge in [0.05, 0.1) is 5.69 Å². The number of likely N-dealkylation sites (N-methyl/N-ethyl adjacent to an activating group) is 1. The van der Waals surface area contributed by atoms with Crippen LogP contribution in [0, 0.1) is 0 Å². The Morgan fingerprint density at radius 3 is 2.21 bits per heavy atom. The molecule has 0 radical (unpaired) electrons. The largest absolute Gasteiger partial charge is 0.354 e. The van der Waals surface area contributed by atoms with Gasteiger partial charge in [0, 0.05) is 50.9 Å². The van der Waals surface area contributed by atoms with Gasteiger partial charge in [-0.1, -0.05) is 30.3 Å². The van der Waals surface area contributed by atoms with Gasteiger partial charge in [0.1, 0.15) is 5.82 Å². The molecule has 0 unspecified atom stereocenters. The summed E-state index contributed by atoms with van der Waals surface area (Å²) in [6, 6.07) is 12.6. The third-order valence-electron chi connectivity index (χ3n) is 4.99. The lowest BCUT2D eigenvalue weighted by Gasteiger charge is -2.33. The highest BCUT2D eigenvalue weighted by molar-refractivity contribution is 5.65. The molecule has 126 valence electrons. The molecule has 2 aliphatic heterocycles. The summed E-state index contributed by atoms with van der Waals surface area (Å²) >= 11 is 0. The average molecular weight is 323 g/mol. The first-order valence-corrected chi connectivity index (χ1v) is 8.92. The smallest absolute Gasteiger partial charge is 0.227 e. The Hall–Kier alpha value is -2.14. The van der Waals surface area contributed by atoms with Gasteiger partial charge < -0.3 is 14.7 Å². The molecule has 24 heavy (non-hydrogen) atoms. The summed E-state index contributed by atoms with van der Waals surface area (Å²) in [5, 5.41) is 0. The van der Waals surface area contributed by atoms with Gasteiger partial charge in [0.15, 0.2) is 0 Å². The molecule has 0 bridgehead atoms. The van der Waals surface area contributed by atoms with Gasteiger partial charge in [-0.2, -0.15) is 4.98 Å². The van der Waals surface area contributed by atoms with Gasteiger partial charge in [0.25, 0.3) is 0 Å². The van der Waals surface area contributed by atoms with E-state index in [1.807, 2.05) is 6.07 Å². The maximum absolute atomic E-state index is 4.91. The molecule has 4 rings (SSSR count). The van der Waals surface area contributed by atoms with Crippen LogP contribution in [0.4, 0.5) is 11.8 Å². The van der Waals surface area contributed by atoms with Crippen LogP contribution in [-0.2, 0) is 0 Å². The van der Waals surface area contributed by atoms with Crippen LogP contribution in [0.1, 0.15) is 12.8 Å². The molecule has 5 heteroatoms. The molecule has 2 saturated heterocycles. The van der Waals surface area contributed by atoms with Crippen LogP contribution >= 0.6 is 0 Å². The summed E-state index contributed by atoms with van der Waals surface area (Å²) in [7, 11) is 2.18. The second kappa shape index (κ2) is 6.77. The highest BCUT2D eigenvalue weighted by Gasteiger charge is 2.21. The van der Waals surface area contributed by atoms with Gasteiger partial charge in [-0.05, 0) is 19.9 Å². The van der Waals surface area contributed by atoms with Gasteiger partial charge in [0.2, 0.25) is 5.95 Å². The lowest BCUT2D eigenvalue weighted by molar-refractivity contribution is 0.312. The van der Waals surface area contributed by atoms with E-state index in [0.29, 0.717) is 0 Å². The van der Waals surface area contributed by atoms with Crippen LogP contribution in [0.5, 0.6) is 0 Å². The topological polar surface area (TPSA) is 35.5 Å². The predicted molar refractivity (Wildman–Crippen MR) is 98.6 cm³/mol. The Bertz CT molecular complexity index is 673. The van der Waals surface area contributed by atoms with E-state index in [1.165, 1.54) is 12.8 Å². The van der Waals surface area contributed by atoms with Gasteiger partial charge in [-0.15, -0.1) is 0 Å². The molecule has 0 saturated carbocycles. The number of hydrogen-bond acceptors (Lipinski definition) is 5. The van der Waals surface area contributed by atoms with Gasteiger partial charge in [-0.3, -0.25) is 0 Å². The summed E-state index contributed by atoms with van der Waals surface area (Å²) < 4.78 is 0. The highest BCUT2D eigenvalue weighted by Crippen LogP contribution is 2.27. The minimum atomic E-state index is 0.891. The van der Waals surface area contributed by atoms with Crippen LogP contribution < -0.4 is 9.80 Å². The SMILES string of the molecule is CN1CCN(c2cc(-c3ccccc3)nc(N3CCCC3)n2)CC1. The molecular weight excluding hydrogens is 298 g/mol. The van der Waals surface area contributed by atoms with Gasteiger partial charge in [-0.25, -0.2) is 4.98 Å². The van der Waals surface area contributed by atoms with Crippen LogP contribution in [-0.4, -0.2) is 61.2 Å². The Balaban J connectivity index is 1.70. The van der Waals surface area contributed by atoms with Crippen molar-refractivity contribution in [3.63, 3.8) is 0 Å². The Morgan fingerprint density at radius 1 is 0.792 bits per heavy atom. The van der Waals surface area contributed by atoms with E-state index >= 15 is 0 Å². The molecule has 2 aliphatic rings. The Labute approximate surface area is 143 Å². The second-order valence-corrected chi connectivity index (χ2v) is 6.76. The maximum atomic E-state index is 4.91. The van der Waals surface area contributed by atoms with Crippen LogP contribution in [0.25, 0.3) is 11.3 Å². The van der Waals surface area contributed by atoms with Crippen LogP contribution in [0.2, 0.25) is 0 Å². The average Bonchev–Trinajstić information content (AvgIpc) is 3.17. The molecule has 0 amide bonds. The number of aromatic nitrogens is 2. The maximum Gasteiger partial charge on any atom is 0.227 e. The van der Waals surface area contributed by atoms with Crippen molar-refractivity contribution in [1.29, 1.82) is 0 Å². The zero-order valence-corrected chi connectivity index (χ0v) is 14.4. The monoisotopic (exact) mass is 323 g/mol. The summed E-state index contributed by atoms with van der Waals surface area (Å²) in [4.78, 5) is 16.9. The number of piperazine rings is 1. The summed E-state index contributed by atoms with van der Waals surface area (Å²) in [5.41, 5.74) is 2.19. The van der Waals surface area contributed by atoms with E-state index in [4.69, 9.17) is 9.97 Å². The molecule has 3 heterocycles. The molecule has 1 aromatic carbocycles. The summed E-state index contributed by atoms with van der Waals surface area (Å²) in [6.45, 7) is 6.37. The molecule has 2 aromatic rings. The molecule has 2 fully saturated rings. The third kappa shape index (κ3) is 3.22. The summed E-state index contributed by atoms with van der Waals surface area (Å²) in [5.74, 6) is 1.96. The van der Waals surface area contributed by atoms with Crippen molar-refractivity contribution in [3.05, 3.63) is 36.4 Å². The zero-order chi connectivity index (χ0) is 16.4. The zero-order valence-electron chi connectivity index (χ0n) is 14.4. The first kappa shape index (κ1) is 15.4. The van der Waals surface area contributed by atoms with E-state index in [2.05, 4.69) is 52.1 Å². The highest BCUT2D eigenvalue weighted by atomic mass is 15.3. The fourth-order valence-electron chi connectivity index (χ4n) is 3.43. The molecule has 0 aliphatic carbocycles. The molecular formula is C19H25N5. The number of rotatable bonds is 3. The first-order valence-electron chi connectivity index (χ1n) is 8.92. The number of nitrogens with zero attached hydrogens (tertiary/aromatic N) is 5. The fraction of sp³-hybridized carbons (Fsp3) is 0.474. The number of hydrogen-bond donors (Lipinski definition) is 0.